The molecule has 3 aromatic carbocycles. The Bertz CT molecular complexity index is 1370. The van der Waals surface area contributed by atoms with Crippen molar-refractivity contribution in [3.05, 3.63) is 108 Å². The van der Waals surface area contributed by atoms with Crippen LogP contribution in [0.15, 0.2) is 96.0 Å². The lowest BCUT2D eigenvalue weighted by atomic mass is 9.82. The molecule has 0 unspecified atom stereocenters. The first-order valence-corrected chi connectivity index (χ1v) is 12.6. The molecule has 0 bridgehead atoms. The number of ether oxygens (including phenoxy) is 3. The number of hydrogen-bond acceptors (Lipinski definition) is 8. The molecule has 206 valence electrons. The summed E-state index contributed by atoms with van der Waals surface area (Å²) in [5, 5.41) is 0.725. The van der Waals surface area contributed by atoms with Crippen molar-refractivity contribution in [1.29, 1.82) is 0 Å². The second-order valence-electron chi connectivity index (χ2n) is 9.32. The minimum atomic E-state index is -1.55. The fourth-order valence-electron chi connectivity index (χ4n) is 4.08. The second kappa shape index (κ2) is 12.7. The minimum Gasteiger partial charge on any atom is -0.443 e. The molecule has 1 aliphatic heterocycles. The van der Waals surface area contributed by atoms with Crippen LogP contribution in [0.4, 0.5) is 9.59 Å². The number of carbonyl (C=O) groups is 4. The van der Waals surface area contributed by atoms with E-state index < -0.39 is 35.7 Å². The highest BCUT2D eigenvalue weighted by atomic mass is 16.6. The van der Waals surface area contributed by atoms with E-state index in [1.165, 1.54) is 6.92 Å². The lowest BCUT2D eigenvalue weighted by Crippen LogP contribution is -2.59. The number of carbonyl (C=O) groups excluding carboxylic acids is 4. The summed E-state index contributed by atoms with van der Waals surface area (Å²) in [7, 11) is 0. The fourth-order valence-corrected chi connectivity index (χ4v) is 4.08. The highest BCUT2D eigenvalue weighted by Gasteiger charge is 2.51. The summed E-state index contributed by atoms with van der Waals surface area (Å²) in [4.78, 5) is 55.9. The molecule has 10 nitrogen and oxygen atoms in total. The van der Waals surface area contributed by atoms with Gasteiger partial charge in [0, 0.05) is 11.5 Å². The molecular formula is C30H29N3O7. The molecule has 0 saturated carbocycles. The Morgan fingerprint density at radius 1 is 0.925 bits per heavy atom. The zero-order chi connectivity index (χ0) is 28.5. The van der Waals surface area contributed by atoms with E-state index in [1.54, 1.807) is 79.7 Å². The van der Waals surface area contributed by atoms with Crippen molar-refractivity contribution in [3.63, 3.8) is 0 Å². The van der Waals surface area contributed by atoms with E-state index in [0.29, 0.717) is 17.4 Å². The second-order valence-corrected chi connectivity index (χ2v) is 9.32. The summed E-state index contributed by atoms with van der Waals surface area (Å²) in [5.74, 6) is -1.55. The number of nitrogens with zero attached hydrogens (tertiary/aromatic N) is 2. The maximum Gasteiger partial charge on any atom is 0.429 e. The van der Waals surface area contributed by atoms with Crippen molar-refractivity contribution in [2.75, 3.05) is 0 Å². The lowest BCUT2D eigenvalue weighted by molar-refractivity contribution is -0.141. The molecule has 3 aromatic rings. The number of aliphatic imine (C=N–C) groups is 1. The molecule has 0 saturated heterocycles. The molecule has 2 amide bonds. The number of cyclic esters (lactones) is 1. The Balaban J connectivity index is 1.56. The number of nitrogens with one attached hydrogen (secondary N) is 1. The average Bonchev–Trinajstić information content (AvgIpc) is 3.31. The van der Waals surface area contributed by atoms with E-state index in [1.807, 2.05) is 18.2 Å². The van der Waals surface area contributed by atoms with Gasteiger partial charge in [0.1, 0.15) is 25.5 Å². The molecule has 1 heterocycles. The van der Waals surface area contributed by atoms with Crippen LogP contribution >= 0.6 is 0 Å². The average molecular weight is 544 g/mol. The number of benzene rings is 3. The van der Waals surface area contributed by atoms with Crippen molar-refractivity contribution < 1.29 is 33.4 Å². The predicted octanol–water partition coefficient (Wildman–Crippen LogP) is 4.43. The quantitative estimate of drug-likeness (QED) is 0.183. The molecule has 0 spiro atoms. The van der Waals surface area contributed by atoms with E-state index in [9.17, 15) is 19.2 Å². The third-order valence-electron chi connectivity index (χ3n) is 6.62. The van der Waals surface area contributed by atoms with Crippen molar-refractivity contribution in [1.82, 2.24) is 10.4 Å². The fraction of sp³-hybridized carbons (Fsp3) is 0.233. The Morgan fingerprint density at radius 2 is 1.45 bits per heavy atom. The van der Waals surface area contributed by atoms with E-state index in [-0.39, 0.29) is 19.1 Å². The molecule has 0 aromatic heterocycles. The van der Waals surface area contributed by atoms with E-state index in [2.05, 4.69) is 10.4 Å². The predicted molar refractivity (Wildman–Crippen MR) is 145 cm³/mol. The first-order valence-electron chi connectivity index (χ1n) is 12.6. The lowest BCUT2D eigenvalue weighted by Gasteiger charge is -2.35. The highest BCUT2D eigenvalue weighted by molar-refractivity contribution is 6.08. The third kappa shape index (κ3) is 6.52. The summed E-state index contributed by atoms with van der Waals surface area (Å²) in [6.45, 7) is 2.88. The molecule has 40 heavy (non-hydrogen) atoms. The van der Waals surface area contributed by atoms with Crippen molar-refractivity contribution in [2.45, 2.75) is 38.6 Å². The minimum absolute atomic E-state index is 0.0738. The van der Waals surface area contributed by atoms with Gasteiger partial charge in [0.15, 0.2) is 5.54 Å². The van der Waals surface area contributed by atoms with Crippen LogP contribution < -0.4 is 5.43 Å². The summed E-state index contributed by atoms with van der Waals surface area (Å²) in [5.41, 5.74) is 2.77. The van der Waals surface area contributed by atoms with Gasteiger partial charge in [-0.25, -0.2) is 29.8 Å². The third-order valence-corrected chi connectivity index (χ3v) is 6.62. The number of esters is 1. The van der Waals surface area contributed by atoms with Gasteiger partial charge in [0.2, 0.25) is 5.90 Å². The number of amides is 2. The van der Waals surface area contributed by atoms with Crippen molar-refractivity contribution in [3.8, 4) is 0 Å². The topological polar surface area (TPSA) is 124 Å². The van der Waals surface area contributed by atoms with Crippen LogP contribution in [-0.2, 0) is 37.0 Å². The summed E-state index contributed by atoms with van der Waals surface area (Å²) in [6.07, 6.45) is -1.57. The van der Waals surface area contributed by atoms with Gasteiger partial charge < -0.3 is 19.0 Å². The van der Waals surface area contributed by atoms with Crippen LogP contribution in [-0.4, -0.2) is 46.9 Å². The monoisotopic (exact) mass is 543 g/mol. The maximum absolute atomic E-state index is 13.2. The van der Waals surface area contributed by atoms with Gasteiger partial charge in [-0.2, -0.15) is 0 Å². The van der Waals surface area contributed by atoms with Gasteiger partial charge in [-0.15, -0.1) is 0 Å². The Labute approximate surface area is 231 Å². The molecule has 10 heteroatoms. The first kappa shape index (κ1) is 28.0. The van der Waals surface area contributed by atoms with Crippen LogP contribution in [0.3, 0.4) is 0 Å². The SMILES string of the molecule is C[C@H]([C@H](C=O)N(NC(=O)OCc1ccccc1)C(=O)OCc1ccccc1)[C@]1(C)N=C(c2ccccc2)OC1=O. The number of rotatable bonds is 9. The zero-order valence-electron chi connectivity index (χ0n) is 22.1. The standard InChI is InChI=1S/C30H29N3O7/c1-21(30(2)27(35)40-26(31-30)24-16-10-5-11-17-24)25(18-34)33(29(37)39-20-23-14-8-4-9-15-23)32-28(36)38-19-22-12-6-3-7-13-22/h3-18,21,25H,19-20H2,1-2H3,(H,32,36)/t21-,25+,30+/m1/s1. The van der Waals surface area contributed by atoms with Crippen LogP contribution in [0, 0.1) is 5.92 Å². The van der Waals surface area contributed by atoms with Crippen LogP contribution in [0.25, 0.3) is 0 Å². The molecule has 1 N–H and O–H groups in total. The largest absolute Gasteiger partial charge is 0.443 e. The molecule has 0 aliphatic carbocycles. The first-order chi connectivity index (χ1) is 19.3. The molecule has 4 rings (SSSR count). The van der Waals surface area contributed by atoms with Crippen molar-refractivity contribution >= 4 is 30.3 Å². The molecule has 3 atom stereocenters. The Morgan fingerprint density at radius 3 is 2.00 bits per heavy atom. The van der Waals surface area contributed by atoms with E-state index in [4.69, 9.17) is 14.2 Å². The smallest absolute Gasteiger partial charge is 0.429 e. The molecule has 0 radical (unpaired) electrons. The van der Waals surface area contributed by atoms with Crippen molar-refractivity contribution in [2.24, 2.45) is 10.9 Å². The van der Waals surface area contributed by atoms with Gasteiger partial charge in [-0.3, -0.25) is 0 Å². The Hall–Kier alpha value is -4.99. The van der Waals surface area contributed by atoms with Crippen LogP contribution in [0.2, 0.25) is 0 Å². The maximum atomic E-state index is 13.2. The van der Waals surface area contributed by atoms with Crippen LogP contribution in [0.5, 0.6) is 0 Å². The van der Waals surface area contributed by atoms with Gasteiger partial charge in [-0.05, 0) is 30.2 Å². The number of aldehydes is 1. The van der Waals surface area contributed by atoms with E-state index in [0.717, 1.165) is 10.6 Å². The normalized spacial score (nSPS) is 17.6. The van der Waals surface area contributed by atoms with Crippen LogP contribution in [0.1, 0.15) is 30.5 Å². The number of hydrazine groups is 1. The molecule has 1 aliphatic rings. The summed E-state index contributed by atoms with van der Waals surface area (Å²) in [6, 6.07) is 25.3. The molecule has 0 fully saturated rings. The summed E-state index contributed by atoms with van der Waals surface area (Å²) < 4.78 is 16.1. The Kier molecular flexibility index (Phi) is 8.90. The summed E-state index contributed by atoms with van der Waals surface area (Å²) >= 11 is 0. The van der Waals surface area contributed by atoms with Gasteiger partial charge in [-0.1, -0.05) is 85.8 Å². The van der Waals surface area contributed by atoms with E-state index >= 15 is 0 Å². The van der Waals surface area contributed by atoms with Gasteiger partial charge in [0.25, 0.3) is 0 Å². The molecular weight excluding hydrogens is 514 g/mol. The zero-order valence-corrected chi connectivity index (χ0v) is 22.1. The van der Waals surface area contributed by atoms with Gasteiger partial charge in [0.05, 0.1) is 0 Å². The van der Waals surface area contributed by atoms with Gasteiger partial charge >= 0.3 is 18.2 Å². The number of hydrogen-bond donors (Lipinski definition) is 1. The highest BCUT2D eigenvalue weighted by Crippen LogP contribution is 2.33.